The van der Waals surface area contributed by atoms with Crippen LogP contribution in [0.25, 0.3) is 21.8 Å². The molecular weight excluding hydrogens is 262 g/mol. The number of fused-ring (bicyclic) bond motifs is 2. The summed E-state index contributed by atoms with van der Waals surface area (Å²) in [6.07, 6.45) is 0. The second kappa shape index (κ2) is 4.10. The predicted molar refractivity (Wildman–Crippen MR) is 76.7 cm³/mol. The quantitative estimate of drug-likeness (QED) is 0.355. The number of nitrogens with zero attached hydrogens (tertiary/aromatic N) is 1. The molecule has 0 unspecified atom stereocenters. The van der Waals surface area contributed by atoms with Gasteiger partial charge in [-0.3, -0.25) is 0 Å². The van der Waals surface area contributed by atoms with Gasteiger partial charge < -0.3 is 11.5 Å². The lowest BCUT2D eigenvalue weighted by Gasteiger charge is -2.07. The fraction of sp³-hybridized carbons (Fsp3) is 0. The fourth-order valence-electron chi connectivity index (χ4n) is 2.09. The van der Waals surface area contributed by atoms with Crippen molar-refractivity contribution in [1.82, 2.24) is 4.98 Å². The smallest absolute Gasteiger partial charge is 0.168 e. The number of aromatic nitrogens is 1. The molecule has 0 aliphatic carbocycles. The van der Waals surface area contributed by atoms with E-state index in [0.29, 0.717) is 22.3 Å². The number of thiol groups is 1. The number of nitrogen functional groups attached to an aromatic ring is 2. The SMILES string of the molecule is Nc1ccc2nc3ccc([SH](=O)=O)cc3c(N)c2c1. The van der Waals surface area contributed by atoms with E-state index >= 15 is 0 Å². The molecule has 5 nitrogen and oxygen atoms in total. The molecule has 96 valence electrons. The third kappa shape index (κ3) is 1.86. The molecule has 2 aromatic carbocycles. The lowest BCUT2D eigenvalue weighted by molar-refractivity contribution is 0.614. The number of benzene rings is 2. The number of hydrogen-bond acceptors (Lipinski definition) is 5. The molecule has 1 heterocycles. The molecule has 0 amide bonds. The van der Waals surface area contributed by atoms with Crippen molar-refractivity contribution in [3.05, 3.63) is 36.4 Å². The van der Waals surface area contributed by atoms with Crippen molar-refractivity contribution in [2.24, 2.45) is 0 Å². The van der Waals surface area contributed by atoms with E-state index in [2.05, 4.69) is 4.98 Å². The topological polar surface area (TPSA) is 99.1 Å². The van der Waals surface area contributed by atoms with Crippen LogP contribution < -0.4 is 11.5 Å². The normalized spacial score (nSPS) is 11.4. The Balaban J connectivity index is 2.47. The highest BCUT2D eigenvalue weighted by atomic mass is 32.2. The van der Waals surface area contributed by atoms with Crippen molar-refractivity contribution in [2.45, 2.75) is 4.90 Å². The Bertz CT molecular complexity index is 880. The molecule has 1 aromatic heterocycles. The summed E-state index contributed by atoms with van der Waals surface area (Å²) in [4.78, 5) is 4.67. The van der Waals surface area contributed by atoms with Gasteiger partial charge in [0.15, 0.2) is 10.7 Å². The number of rotatable bonds is 1. The van der Waals surface area contributed by atoms with E-state index in [1.165, 1.54) is 12.1 Å². The maximum absolute atomic E-state index is 11.0. The van der Waals surface area contributed by atoms with Crippen molar-refractivity contribution in [2.75, 3.05) is 11.5 Å². The Morgan fingerprint density at radius 1 is 0.895 bits per heavy atom. The number of hydrogen-bond donors (Lipinski definition) is 3. The van der Waals surface area contributed by atoms with Crippen LogP contribution in [0.5, 0.6) is 0 Å². The van der Waals surface area contributed by atoms with Gasteiger partial charge in [0, 0.05) is 16.5 Å². The van der Waals surface area contributed by atoms with Gasteiger partial charge in [-0.15, -0.1) is 0 Å². The number of nitrogens with two attached hydrogens (primary N) is 2. The molecule has 0 fully saturated rings. The second-order valence-electron chi connectivity index (χ2n) is 4.26. The molecule has 0 atom stereocenters. The average Bonchev–Trinajstić information content (AvgIpc) is 2.39. The first-order valence-electron chi connectivity index (χ1n) is 5.59. The molecule has 0 aliphatic rings. The van der Waals surface area contributed by atoms with Crippen molar-refractivity contribution >= 4 is 43.9 Å². The molecule has 0 bridgehead atoms. The van der Waals surface area contributed by atoms with Gasteiger partial charge in [0.2, 0.25) is 0 Å². The Labute approximate surface area is 110 Å². The summed E-state index contributed by atoms with van der Waals surface area (Å²) in [7, 11) is -2.64. The van der Waals surface area contributed by atoms with E-state index in [1.807, 2.05) is 0 Å². The van der Waals surface area contributed by atoms with Gasteiger partial charge in [-0.25, -0.2) is 13.4 Å². The molecule has 0 aliphatic heterocycles. The van der Waals surface area contributed by atoms with Gasteiger partial charge in [0.1, 0.15) is 0 Å². The van der Waals surface area contributed by atoms with Crippen molar-refractivity contribution in [1.29, 1.82) is 0 Å². The lowest BCUT2D eigenvalue weighted by atomic mass is 10.1. The summed E-state index contributed by atoms with van der Waals surface area (Å²) in [5.74, 6) is 0. The zero-order valence-corrected chi connectivity index (χ0v) is 10.7. The molecule has 19 heavy (non-hydrogen) atoms. The van der Waals surface area contributed by atoms with Crippen LogP contribution in [-0.4, -0.2) is 13.4 Å². The minimum Gasteiger partial charge on any atom is -0.399 e. The molecule has 0 saturated carbocycles. The van der Waals surface area contributed by atoms with E-state index in [4.69, 9.17) is 11.5 Å². The van der Waals surface area contributed by atoms with E-state index in [9.17, 15) is 8.42 Å². The highest BCUT2D eigenvalue weighted by molar-refractivity contribution is 7.72. The summed E-state index contributed by atoms with van der Waals surface area (Å²) in [5.41, 5.74) is 14.3. The monoisotopic (exact) mass is 273 g/mol. The summed E-state index contributed by atoms with van der Waals surface area (Å²) in [6, 6.07) is 9.99. The molecule has 3 rings (SSSR count). The van der Waals surface area contributed by atoms with Crippen LogP contribution in [0.3, 0.4) is 0 Å². The van der Waals surface area contributed by atoms with Gasteiger partial charge in [0.25, 0.3) is 0 Å². The zero-order valence-electron chi connectivity index (χ0n) is 9.83. The summed E-state index contributed by atoms with van der Waals surface area (Å²) < 4.78 is 22.1. The first kappa shape index (κ1) is 11.7. The minimum absolute atomic E-state index is 0.222. The third-order valence-corrected chi connectivity index (χ3v) is 3.73. The van der Waals surface area contributed by atoms with Gasteiger partial charge in [-0.2, -0.15) is 0 Å². The molecule has 0 spiro atoms. The predicted octanol–water partition coefficient (Wildman–Crippen LogP) is 1.52. The van der Waals surface area contributed by atoms with E-state index in [0.717, 1.165) is 10.9 Å². The van der Waals surface area contributed by atoms with E-state index < -0.39 is 10.7 Å². The molecule has 6 heteroatoms. The van der Waals surface area contributed by atoms with E-state index in [1.54, 1.807) is 24.3 Å². The largest absolute Gasteiger partial charge is 0.399 e. The van der Waals surface area contributed by atoms with Crippen LogP contribution in [0.4, 0.5) is 11.4 Å². The van der Waals surface area contributed by atoms with Gasteiger partial charge in [0.05, 0.1) is 21.6 Å². The Kier molecular flexibility index (Phi) is 2.53. The average molecular weight is 273 g/mol. The van der Waals surface area contributed by atoms with Gasteiger partial charge >= 0.3 is 0 Å². The maximum Gasteiger partial charge on any atom is 0.168 e. The zero-order chi connectivity index (χ0) is 13.6. The first-order chi connectivity index (χ1) is 9.06. The van der Waals surface area contributed by atoms with Gasteiger partial charge in [-0.1, -0.05) is 0 Å². The molecule has 0 radical (unpaired) electrons. The molecule has 4 N–H and O–H groups in total. The van der Waals surface area contributed by atoms with Crippen molar-refractivity contribution in [3.63, 3.8) is 0 Å². The summed E-state index contributed by atoms with van der Waals surface area (Å²) in [5, 5.41) is 1.35. The van der Waals surface area contributed by atoms with Crippen LogP contribution >= 0.6 is 0 Å². The Morgan fingerprint density at radius 3 is 2.21 bits per heavy atom. The summed E-state index contributed by atoms with van der Waals surface area (Å²) in [6.45, 7) is 0. The fourth-order valence-corrected chi connectivity index (χ4v) is 2.52. The highest BCUT2D eigenvalue weighted by Crippen LogP contribution is 2.30. The number of pyridine rings is 1. The van der Waals surface area contributed by atoms with Crippen LogP contribution in [0.1, 0.15) is 0 Å². The third-order valence-electron chi connectivity index (χ3n) is 3.03. The number of anilines is 2. The highest BCUT2D eigenvalue weighted by Gasteiger charge is 2.08. The van der Waals surface area contributed by atoms with Crippen LogP contribution in [-0.2, 0) is 10.7 Å². The maximum atomic E-state index is 11.0. The van der Waals surface area contributed by atoms with Crippen molar-refractivity contribution < 1.29 is 8.42 Å². The van der Waals surface area contributed by atoms with Crippen molar-refractivity contribution in [3.8, 4) is 0 Å². The molecular formula is C13H11N3O2S. The van der Waals surface area contributed by atoms with Crippen LogP contribution in [0.15, 0.2) is 41.3 Å². The van der Waals surface area contributed by atoms with E-state index in [-0.39, 0.29) is 4.90 Å². The van der Waals surface area contributed by atoms with Gasteiger partial charge in [-0.05, 0) is 36.4 Å². The minimum atomic E-state index is -2.64. The van der Waals surface area contributed by atoms with Crippen LogP contribution in [0, 0.1) is 0 Å². The molecule has 3 aromatic rings. The molecule has 0 saturated heterocycles. The lowest BCUT2D eigenvalue weighted by Crippen LogP contribution is -1.95. The second-order valence-corrected chi connectivity index (χ2v) is 5.29. The first-order valence-corrected chi connectivity index (χ1v) is 6.77. The standard InChI is InChI=1S/C13H11N3O2S/c14-7-1-3-11-9(5-7)13(15)10-6-8(19(17)18)2-4-12(10)16-11/h1-6,19H,14H2,(H2,15,16). The Morgan fingerprint density at radius 2 is 1.53 bits per heavy atom. The Hall–Kier alpha value is -2.34. The van der Waals surface area contributed by atoms with Crippen LogP contribution in [0.2, 0.25) is 0 Å². The summed E-state index contributed by atoms with van der Waals surface area (Å²) >= 11 is 0.